The average molecular weight is 375 g/mol. The van der Waals surface area contributed by atoms with Gasteiger partial charge >= 0.3 is 0 Å². The third kappa shape index (κ3) is 4.72. The van der Waals surface area contributed by atoms with Crippen molar-refractivity contribution in [3.8, 4) is 17.6 Å². The molecular weight excluding hydrogens is 356 g/mol. The molecule has 2 rings (SSSR count). The van der Waals surface area contributed by atoms with Gasteiger partial charge in [-0.05, 0) is 58.2 Å². The van der Waals surface area contributed by atoms with E-state index in [9.17, 15) is 0 Å². The zero-order chi connectivity index (χ0) is 16.7. The van der Waals surface area contributed by atoms with Crippen LogP contribution in [0.3, 0.4) is 0 Å². The van der Waals surface area contributed by atoms with Crippen molar-refractivity contribution in [2.45, 2.75) is 20.0 Å². The summed E-state index contributed by atoms with van der Waals surface area (Å²) in [5, 5.41) is 12.3. The van der Waals surface area contributed by atoms with Crippen LogP contribution in [0.25, 0.3) is 0 Å². The summed E-state index contributed by atoms with van der Waals surface area (Å²) in [4.78, 5) is 0. The van der Waals surface area contributed by atoms with Crippen molar-refractivity contribution in [1.82, 2.24) is 5.32 Å². The van der Waals surface area contributed by atoms with E-state index in [1.807, 2.05) is 37.3 Å². The van der Waals surface area contributed by atoms with E-state index in [4.69, 9.17) is 14.7 Å². The molecule has 120 valence electrons. The first-order valence-electron chi connectivity index (χ1n) is 7.37. The van der Waals surface area contributed by atoms with Crippen LogP contribution >= 0.6 is 15.9 Å². The van der Waals surface area contributed by atoms with Gasteiger partial charge in [-0.25, -0.2) is 0 Å². The van der Waals surface area contributed by atoms with E-state index in [0.717, 1.165) is 21.3 Å². The zero-order valence-corrected chi connectivity index (χ0v) is 14.8. The standard InChI is InChI=1S/C18H19BrN2O2/c1-3-23-18-16(19)8-15(9-17(18)22-2)12-21-11-14-6-4-5-13(7-14)10-20/h4-9,21H,3,11-12H2,1-2H3. The van der Waals surface area contributed by atoms with E-state index in [2.05, 4.69) is 27.3 Å². The van der Waals surface area contributed by atoms with Gasteiger partial charge in [0.15, 0.2) is 11.5 Å². The number of methoxy groups -OCH3 is 1. The summed E-state index contributed by atoms with van der Waals surface area (Å²) in [5.41, 5.74) is 2.85. The molecule has 0 radical (unpaired) electrons. The molecule has 0 atom stereocenters. The molecule has 5 heteroatoms. The van der Waals surface area contributed by atoms with Gasteiger partial charge in [-0.2, -0.15) is 5.26 Å². The fraction of sp³-hybridized carbons (Fsp3) is 0.278. The molecule has 0 aliphatic heterocycles. The third-order valence-electron chi connectivity index (χ3n) is 3.29. The second kappa shape index (κ2) is 8.56. The second-order valence-corrected chi connectivity index (χ2v) is 5.81. The predicted molar refractivity (Wildman–Crippen MR) is 93.6 cm³/mol. The van der Waals surface area contributed by atoms with Crippen molar-refractivity contribution in [1.29, 1.82) is 5.26 Å². The number of hydrogen-bond acceptors (Lipinski definition) is 4. The number of rotatable bonds is 7. The molecule has 0 amide bonds. The molecule has 0 aromatic heterocycles. The molecule has 1 N–H and O–H groups in total. The highest BCUT2D eigenvalue weighted by molar-refractivity contribution is 9.10. The molecule has 23 heavy (non-hydrogen) atoms. The fourth-order valence-electron chi connectivity index (χ4n) is 2.26. The number of benzene rings is 2. The molecule has 0 saturated carbocycles. The Bertz CT molecular complexity index is 711. The van der Waals surface area contributed by atoms with Crippen molar-refractivity contribution in [3.05, 3.63) is 57.6 Å². The lowest BCUT2D eigenvalue weighted by atomic mass is 10.1. The average Bonchev–Trinajstić information content (AvgIpc) is 2.57. The maximum atomic E-state index is 8.92. The van der Waals surface area contributed by atoms with Crippen LogP contribution in [0.5, 0.6) is 11.5 Å². The monoisotopic (exact) mass is 374 g/mol. The Hall–Kier alpha value is -2.03. The zero-order valence-electron chi connectivity index (χ0n) is 13.2. The Morgan fingerprint density at radius 3 is 2.65 bits per heavy atom. The minimum Gasteiger partial charge on any atom is -0.493 e. The summed E-state index contributed by atoms with van der Waals surface area (Å²) < 4.78 is 11.9. The minimum atomic E-state index is 0.585. The normalized spacial score (nSPS) is 10.2. The number of nitrogens with one attached hydrogen (secondary N) is 1. The molecule has 4 nitrogen and oxygen atoms in total. The Kier molecular flexibility index (Phi) is 6.45. The van der Waals surface area contributed by atoms with Crippen LogP contribution in [0.1, 0.15) is 23.6 Å². The van der Waals surface area contributed by atoms with Gasteiger partial charge in [-0.3, -0.25) is 0 Å². The van der Waals surface area contributed by atoms with E-state index < -0.39 is 0 Å². The highest BCUT2D eigenvalue weighted by Crippen LogP contribution is 2.36. The summed E-state index contributed by atoms with van der Waals surface area (Å²) >= 11 is 3.53. The molecular formula is C18H19BrN2O2. The van der Waals surface area contributed by atoms with Crippen molar-refractivity contribution in [2.24, 2.45) is 0 Å². The number of nitrogens with zero attached hydrogens (tertiary/aromatic N) is 1. The highest BCUT2D eigenvalue weighted by Gasteiger charge is 2.11. The van der Waals surface area contributed by atoms with Crippen LogP contribution in [-0.2, 0) is 13.1 Å². The molecule has 0 heterocycles. The number of hydrogen-bond donors (Lipinski definition) is 1. The van der Waals surface area contributed by atoms with Crippen molar-refractivity contribution in [2.75, 3.05) is 13.7 Å². The number of ether oxygens (including phenoxy) is 2. The molecule has 0 aliphatic carbocycles. The van der Waals surface area contributed by atoms with Gasteiger partial charge in [-0.15, -0.1) is 0 Å². The van der Waals surface area contributed by atoms with Gasteiger partial charge in [0.05, 0.1) is 29.8 Å². The summed E-state index contributed by atoms with van der Waals surface area (Å²) in [6.07, 6.45) is 0. The van der Waals surface area contributed by atoms with Gasteiger partial charge in [0.2, 0.25) is 0 Å². The Labute approximate surface area is 145 Å². The number of halogens is 1. The third-order valence-corrected chi connectivity index (χ3v) is 3.88. The summed E-state index contributed by atoms with van der Waals surface area (Å²) in [7, 11) is 1.63. The van der Waals surface area contributed by atoms with Crippen LogP contribution < -0.4 is 14.8 Å². The summed E-state index contributed by atoms with van der Waals surface area (Å²) in [6.45, 7) is 3.92. The quantitative estimate of drug-likeness (QED) is 0.794. The Balaban J connectivity index is 2.03. The van der Waals surface area contributed by atoms with Gasteiger partial charge in [-0.1, -0.05) is 12.1 Å². The summed E-state index contributed by atoms with van der Waals surface area (Å²) in [5.74, 6) is 1.44. The lowest BCUT2D eigenvalue weighted by Gasteiger charge is -2.14. The van der Waals surface area contributed by atoms with E-state index >= 15 is 0 Å². The molecule has 0 bridgehead atoms. The lowest BCUT2D eigenvalue weighted by Crippen LogP contribution is -2.13. The maximum Gasteiger partial charge on any atom is 0.175 e. The lowest BCUT2D eigenvalue weighted by molar-refractivity contribution is 0.308. The SMILES string of the molecule is CCOc1c(Br)cc(CNCc2cccc(C#N)c2)cc1OC. The largest absolute Gasteiger partial charge is 0.493 e. The summed E-state index contributed by atoms with van der Waals surface area (Å²) in [6, 6.07) is 13.7. The topological polar surface area (TPSA) is 54.3 Å². The molecule has 0 unspecified atom stereocenters. The predicted octanol–water partition coefficient (Wildman–Crippen LogP) is 4.02. The maximum absolute atomic E-state index is 8.92. The van der Waals surface area contributed by atoms with Gasteiger partial charge in [0.1, 0.15) is 0 Å². The van der Waals surface area contributed by atoms with Crippen LogP contribution in [-0.4, -0.2) is 13.7 Å². The Morgan fingerprint density at radius 2 is 1.96 bits per heavy atom. The first-order chi connectivity index (χ1) is 11.2. The van der Waals surface area contributed by atoms with Crippen molar-refractivity contribution >= 4 is 15.9 Å². The highest BCUT2D eigenvalue weighted by atomic mass is 79.9. The molecule has 0 saturated heterocycles. The first kappa shape index (κ1) is 17.3. The van der Waals surface area contributed by atoms with Crippen LogP contribution in [0.15, 0.2) is 40.9 Å². The smallest absolute Gasteiger partial charge is 0.175 e. The van der Waals surface area contributed by atoms with Crippen LogP contribution in [0.4, 0.5) is 0 Å². The van der Waals surface area contributed by atoms with Gasteiger partial charge < -0.3 is 14.8 Å². The Morgan fingerprint density at radius 1 is 1.17 bits per heavy atom. The minimum absolute atomic E-state index is 0.585. The van der Waals surface area contributed by atoms with Crippen LogP contribution in [0.2, 0.25) is 0 Å². The number of nitriles is 1. The second-order valence-electron chi connectivity index (χ2n) is 4.96. The first-order valence-corrected chi connectivity index (χ1v) is 8.16. The van der Waals surface area contributed by atoms with Gasteiger partial charge in [0.25, 0.3) is 0 Å². The fourth-order valence-corrected chi connectivity index (χ4v) is 2.87. The van der Waals surface area contributed by atoms with E-state index in [0.29, 0.717) is 31.0 Å². The van der Waals surface area contributed by atoms with Crippen molar-refractivity contribution < 1.29 is 9.47 Å². The van der Waals surface area contributed by atoms with Crippen molar-refractivity contribution in [3.63, 3.8) is 0 Å². The molecule has 2 aromatic carbocycles. The van der Waals surface area contributed by atoms with Crippen LogP contribution in [0, 0.1) is 11.3 Å². The molecule has 0 spiro atoms. The molecule has 2 aromatic rings. The van der Waals surface area contributed by atoms with E-state index in [1.54, 1.807) is 13.2 Å². The molecule has 0 fully saturated rings. The van der Waals surface area contributed by atoms with Gasteiger partial charge in [0, 0.05) is 13.1 Å². The molecule has 0 aliphatic rings. The van der Waals surface area contributed by atoms with E-state index in [-0.39, 0.29) is 0 Å². The van der Waals surface area contributed by atoms with E-state index in [1.165, 1.54) is 0 Å².